The lowest BCUT2D eigenvalue weighted by Gasteiger charge is -2.29. The maximum atomic E-state index is 12.9. The van der Waals surface area contributed by atoms with Crippen LogP contribution in [0.5, 0.6) is 5.75 Å². The average Bonchev–Trinajstić information content (AvgIpc) is 3.00. The van der Waals surface area contributed by atoms with Gasteiger partial charge >= 0.3 is 0 Å². The summed E-state index contributed by atoms with van der Waals surface area (Å²) in [6.45, 7) is 4.15. The van der Waals surface area contributed by atoms with Crippen LogP contribution in [-0.2, 0) is 19.9 Å². The Labute approximate surface area is 165 Å². The third-order valence-electron chi connectivity index (χ3n) is 5.79. The molecule has 5 heteroatoms. The first-order valence-corrected chi connectivity index (χ1v) is 9.87. The smallest absolute Gasteiger partial charge is 0.253 e. The lowest BCUT2D eigenvalue weighted by atomic mass is 9.90. The van der Waals surface area contributed by atoms with Crippen molar-refractivity contribution >= 4 is 16.9 Å². The summed E-state index contributed by atoms with van der Waals surface area (Å²) >= 11 is 0. The maximum Gasteiger partial charge on any atom is 0.253 e. The molecule has 146 valence electrons. The number of carbonyl (C=O) groups excluding carboxylic acids is 1. The molecule has 5 nitrogen and oxygen atoms in total. The van der Waals surface area contributed by atoms with E-state index in [9.17, 15) is 4.79 Å². The number of rotatable bonds is 3. The van der Waals surface area contributed by atoms with Crippen LogP contribution in [0, 0.1) is 6.92 Å². The summed E-state index contributed by atoms with van der Waals surface area (Å²) in [5.41, 5.74) is 6.04. The number of amides is 1. The van der Waals surface area contributed by atoms with E-state index >= 15 is 0 Å². The van der Waals surface area contributed by atoms with Crippen LogP contribution in [0.3, 0.4) is 0 Å². The Morgan fingerprint density at radius 2 is 2.07 bits per heavy atom. The standard InChI is InChI=1S/C23H27N3O2/c1-6-15-9-7-8-10-16(15)20-12-11-17-18(23(27)25(3)4)13-19-21(22(17)28-20)24-14(2)26(19)5/h7-10,13,20H,6,11-12H2,1-5H3/t20-/m0/s1. The second-order valence-electron chi connectivity index (χ2n) is 7.71. The van der Waals surface area contributed by atoms with Gasteiger partial charge in [0, 0.05) is 32.3 Å². The molecule has 28 heavy (non-hydrogen) atoms. The molecular formula is C23H27N3O2. The van der Waals surface area contributed by atoms with Crippen molar-refractivity contribution in [1.82, 2.24) is 14.5 Å². The summed E-state index contributed by atoms with van der Waals surface area (Å²) in [7, 11) is 5.56. The Balaban J connectivity index is 1.89. The quantitative estimate of drug-likeness (QED) is 0.687. The van der Waals surface area contributed by atoms with Crippen molar-refractivity contribution in [1.29, 1.82) is 0 Å². The molecule has 0 N–H and O–H groups in total. The summed E-state index contributed by atoms with van der Waals surface area (Å²) in [6.07, 6.45) is 2.62. The van der Waals surface area contributed by atoms with E-state index in [-0.39, 0.29) is 12.0 Å². The topological polar surface area (TPSA) is 47.4 Å². The number of ether oxygens (including phenoxy) is 1. The minimum atomic E-state index is -0.0149. The Bertz CT molecular complexity index is 1070. The summed E-state index contributed by atoms with van der Waals surface area (Å²) in [6, 6.07) is 10.4. The number of benzene rings is 2. The largest absolute Gasteiger partial charge is 0.483 e. The SMILES string of the molecule is CCc1ccccc1[C@@H]1CCc2c(C(=O)N(C)C)cc3c(nc(C)n3C)c2O1. The highest BCUT2D eigenvalue weighted by Gasteiger charge is 2.30. The van der Waals surface area contributed by atoms with Gasteiger partial charge in [0.15, 0.2) is 5.75 Å². The molecule has 1 atom stereocenters. The van der Waals surface area contributed by atoms with E-state index in [2.05, 4.69) is 31.2 Å². The van der Waals surface area contributed by atoms with Crippen LogP contribution in [0.15, 0.2) is 30.3 Å². The molecular weight excluding hydrogens is 350 g/mol. The number of imidazole rings is 1. The van der Waals surface area contributed by atoms with Crippen LogP contribution in [-0.4, -0.2) is 34.5 Å². The fourth-order valence-electron chi connectivity index (χ4n) is 4.12. The predicted octanol–water partition coefficient (Wildman–Crippen LogP) is 4.21. The molecule has 2 aromatic carbocycles. The summed E-state index contributed by atoms with van der Waals surface area (Å²) in [5, 5.41) is 0. The third-order valence-corrected chi connectivity index (χ3v) is 5.79. The highest BCUT2D eigenvalue weighted by Crippen LogP contribution is 2.42. The number of nitrogens with zero attached hydrogens (tertiary/aromatic N) is 3. The van der Waals surface area contributed by atoms with Gasteiger partial charge < -0.3 is 14.2 Å². The molecule has 0 spiro atoms. The zero-order valence-corrected chi connectivity index (χ0v) is 17.2. The van der Waals surface area contributed by atoms with E-state index < -0.39 is 0 Å². The summed E-state index contributed by atoms with van der Waals surface area (Å²) in [5.74, 6) is 1.69. The fourth-order valence-corrected chi connectivity index (χ4v) is 4.12. The number of hydrogen-bond donors (Lipinski definition) is 0. The highest BCUT2D eigenvalue weighted by molar-refractivity contribution is 6.01. The molecule has 1 aliphatic heterocycles. The highest BCUT2D eigenvalue weighted by atomic mass is 16.5. The zero-order valence-electron chi connectivity index (χ0n) is 17.2. The molecule has 3 aromatic rings. The monoisotopic (exact) mass is 377 g/mol. The molecule has 0 bridgehead atoms. The number of carbonyl (C=O) groups is 1. The van der Waals surface area contributed by atoms with E-state index in [4.69, 9.17) is 9.72 Å². The normalized spacial score (nSPS) is 16.0. The van der Waals surface area contributed by atoms with Gasteiger partial charge in [0.1, 0.15) is 17.4 Å². The van der Waals surface area contributed by atoms with Crippen molar-refractivity contribution in [3.8, 4) is 5.75 Å². The van der Waals surface area contributed by atoms with Gasteiger partial charge in [0.25, 0.3) is 5.91 Å². The van der Waals surface area contributed by atoms with Crippen LogP contribution in [0.1, 0.15) is 52.3 Å². The second kappa shape index (κ2) is 6.97. The number of hydrogen-bond acceptors (Lipinski definition) is 3. The molecule has 0 saturated carbocycles. The minimum absolute atomic E-state index is 0.00742. The molecule has 2 heterocycles. The second-order valence-corrected chi connectivity index (χ2v) is 7.71. The van der Waals surface area contributed by atoms with Crippen molar-refractivity contribution in [3.05, 3.63) is 58.4 Å². The van der Waals surface area contributed by atoms with Crippen LogP contribution in [0.25, 0.3) is 11.0 Å². The summed E-state index contributed by atoms with van der Waals surface area (Å²) < 4.78 is 8.59. The molecule has 0 fully saturated rings. The van der Waals surface area contributed by atoms with Gasteiger partial charge in [-0.3, -0.25) is 4.79 Å². The van der Waals surface area contributed by atoms with E-state index in [1.807, 2.05) is 24.6 Å². The van der Waals surface area contributed by atoms with Gasteiger partial charge in [0.05, 0.1) is 5.52 Å². The zero-order chi connectivity index (χ0) is 20.0. The van der Waals surface area contributed by atoms with Crippen molar-refractivity contribution in [3.63, 3.8) is 0 Å². The molecule has 0 aliphatic carbocycles. The number of aryl methyl sites for hydroxylation is 3. The first kappa shape index (κ1) is 18.5. The first-order valence-electron chi connectivity index (χ1n) is 9.87. The van der Waals surface area contributed by atoms with Crippen LogP contribution in [0.4, 0.5) is 0 Å². The fraction of sp³-hybridized carbons (Fsp3) is 0.391. The van der Waals surface area contributed by atoms with E-state index in [1.54, 1.807) is 19.0 Å². The Morgan fingerprint density at radius 1 is 1.32 bits per heavy atom. The molecule has 1 aliphatic rings. The van der Waals surface area contributed by atoms with Gasteiger partial charge in [-0.2, -0.15) is 0 Å². The number of aromatic nitrogens is 2. The maximum absolute atomic E-state index is 12.9. The molecule has 0 unspecified atom stereocenters. The molecule has 1 aromatic heterocycles. The third kappa shape index (κ3) is 2.86. The van der Waals surface area contributed by atoms with Crippen molar-refractivity contribution < 1.29 is 9.53 Å². The summed E-state index contributed by atoms with van der Waals surface area (Å²) in [4.78, 5) is 19.3. The van der Waals surface area contributed by atoms with Crippen LogP contribution < -0.4 is 4.74 Å². The van der Waals surface area contributed by atoms with Gasteiger partial charge in [-0.1, -0.05) is 31.2 Å². The first-order chi connectivity index (χ1) is 13.4. The Kier molecular flexibility index (Phi) is 4.61. The number of fused-ring (bicyclic) bond motifs is 3. The van der Waals surface area contributed by atoms with Gasteiger partial charge in [0.2, 0.25) is 0 Å². The van der Waals surface area contributed by atoms with Crippen molar-refractivity contribution in [2.45, 2.75) is 39.2 Å². The van der Waals surface area contributed by atoms with Crippen LogP contribution >= 0.6 is 0 Å². The predicted molar refractivity (Wildman–Crippen MR) is 111 cm³/mol. The molecule has 1 amide bonds. The minimum Gasteiger partial charge on any atom is -0.483 e. The molecule has 4 rings (SSSR count). The van der Waals surface area contributed by atoms with E-state index in [0.717, 1.165) is 53.0 Å². The van der Waals surface area contributed by atoms with Crippen molar-refractivity contribution in [2.75, 3.05) is 14.1 Å². The molecule has 0 radical (unpaired) electrons. The lowest BCUT2D eigenvalue weighted by molar-refractivity contribution is 0.0823. The van der Waals surface area contributed by atoms with Crippen LogP contribution in [0.2, 0.25) is 0 Å². The van der Waals surface area contributed by atoms with Gasteiger partial charge in [-0.15, -0.1) is 0 Å². The van der Waals surface area contributed by atoms with E-state index in [0.29, 0.717) is 0 Å². The Hall–Kier alpha value is -2.82. The lowest BCUT2D eigenvalue weighted by Crippen LogP contribution is -2.25. The molecule has 0 saturated heterocycles. The van der Waals surface area contributed by atoms with Gasteiger partial charge in [-0.05, 0) is 43.4 Å². The average molecular weight is 377 g/mol. The Morgan fingerprint density at radius 3 is 2.79 bits per heavy atom. The van der Waals surface area contributed by atoms with E-state index in [1.165, 1.54) is 11.1 Å². The van der Waals surface area contributed by atoms with Gasteiger partial charge in [-0.25, -0.2) is 4.98 Å². The van der Waals surface area contributed by atoms with Crippen molar-refractivity contribution in [2.24, 2.45) is 7.05 Å².